The molecule has 0 aliphatic rings. The number of ether oxygens (including phenoxy) is 2. The maximum Gasteiger partial charge on any atom is 0.265 e. The molecule has 1 amide bonds. The van der Waals surface area contributed by atoms with Gasteiger partial charge < -0.3 is 14.8 Å². The largest absolute Gasteiger partial charge is 0.491 e. The van der Waals surface area contributed by atoms with E-state index in [9.17, 15) is 9.18 Å². The first kappa shape index (κ1) is 16.8. The Bertz CT molecular complexity index is 656. The van der Waals surface area contributed by atoms with Crippen molar-refractivity contribution in [2.75, 3.05) is 5.32 Å². The quantitative estimate of drug-likeness (QED) is 0.875. The van der Waals surface area contributed by atoms with Crippen LogP contribution in [0.25, 0.3) is 0 Å². The Labute approximate surface area is 135 Å². The summed E-state index contributed by atoms with van der Waals surface area (Å²) in [5.41, 5.74) is 0.628. The number of hydrogen-bond acceptors (Lipinski definition) is 3. The van der Waals surface area contributed by atoms with E-state index >= 15 is 0 Å². The molecule has 5 heteroatoms. The van der Waals surface area contributed by atoms with Crippen molar-refractivity contribution in [3.63, 3.8) is 0 Å². The third-order valence-corrected chi connectivity index (χ3v) is 2.97. The van der Waals surface area contributed by atoms with Crippen LogP contribution in [-0.2, 0) is 4.79 Å². The molecule has 0 saturated carbocycles. The van der Waals surface area contributed by atoms with Gasteiger partial charge in [-0.25, -0.2) is 4.39 Å². The number of halogens is 1. The monoisotopic (exact) mass is 317 g/mol. The molecule has 4 nitrogen and oxygen atoms in total. The lowest BCUT2D eigenvalue weighted by molar-refractivity contribution is -0.122. The van der Waals surface area contributed by atoms with Crippen LogP contribution in [0.15, 0.2) is 48.5 Å². The fourth-order valence-electron chi connectivity index (χ4n) is 1.93. The zero-order valence-electron chi connectivity index (χ0n) is 13.4. The first-order chi connectivity index (χ1) is 10.9. The van der Waals surface area contributed by atoms with Crippen LogP contribution in [0.5, 0.6) is 11.5 Å². The Balaban J connectivity index is 1.96. The van der Waals surface area contributed by atoms with Crippen LogP contribution in [0.3, 0.4) is 0 Å². The smallest absolute Gasteiger partial charge is 0.265 e. The second-order valence-corrected chi connectivity index (χ2v) is 5.40. The summed E-state index contributed by atoms with van der Waals surface area (Å²) in [7, 11) is 0. The second-order valence-electron chi connectivity index (χ2n) is 5.40. The molecule has 0 heterocycles. The van der Waals surface area contributed by atoms with Gasteiger partial charge >= 0.3 is 0 Å². The summed E-state index contributed by atoms with van der Waals surface area (Å²) >= 11 is 0. The third kappa shape index (κ3) is 5.29. The maximum atomic E-state index is 12.9. The van der Waals surface area contributed by atoms with Gasteiger partial charge in [0.2, 0.25) is 0 Å². The number of nitrogens with one attached hydrogen (secondary N) is 1. The van der Waals surface area contributed by atoms with Crippen molar-refractivity contribution in [2.24, 2.45) is 0 Å². The van der Waals surface area contributed by atoms with Crippen LogP contribution >= 0.6 is 0 Å². The van der Waals surface area contributed by atoms with Gasteiger partial charge in [0, 0.05) is 11.8 Å². The van der Waals surface area contributed by atoms with Crippen LogP contribution in [0.1, 0.15) is 20.8 Å². The van der Waals surface area contributed by atoms with Crippen molar-refractivity contribution in [1.82, 2.24) is 0 Å². The van der Waals surface area contributed by atoms with Crippen molar-refractivity contribution in [3.05, 3.63) is 54.3 Å². The lowest BCUT2D eigenvalue weighted by Crippen LogP contribution is -2.30. The Morgan fingerprint density at radius 3 is 2.35 bits per heavy atom. The van der Waals surface area contributed by atoms with Crippen molar-refractivity contribution < 1.29 is 18.7 Å². The highest BCUT2D eigenvalue weighted by atomic mass is 19.1. The Morgan fingerprint density at radius 1 is 1.00 bits per heavy atom. The molecule has 0 aliphatic carbocycles. The Morgan fingerprint density at radius 2 is 1.70 bits per heavy atom. The minimum atomic E-state index is -0.713. The van der Waals surface area contributed by atoms with Crippen molar-refractivity contribution in [2.45, 2.75) is 33.0 Å². The fraction of sp³-hybridized carbons (Fsp3) is 0.278. The third-order valence-electron chi connectivity index (χ3n) is 2.97. The van der Waals surface area contributed by atoms with Gasteiger partial charge in [-0.3, -0.25) is 4.79 Å². The van der Waals surface area contributed by atoms with E-state index in [1.165, 1.54) is 24.3 Å². The average molecular weight is 317 g/mol. The standard InChI is InChI=1S/C18H20FNO3/c1-12(2)22-17-6-4-5-15(11-17)20-18(21)13(3)23-16-9-7-14(19)8-10-16/h4-13H,1-3H3,(H,20,21). The molecule has 0 bridgehead atoms. The second kappa shape index (κ2) is 7.63. The Hall–Kier alpha value is -2.56. The minimum absolute atomic E-state index is 0.0571. The van der Waals surface area contributed by atoms with Gasteiger partial charge in [0.25, 0.3) is 5.91 Å². The van der Waals surface area contributed by atoms with Crippen LogP contribution in [0.2, 0.25) is 0 Å². The summed E-state index contributed by atoms with van der Waals surface area (Å²) < 4.78 is 23.9. The lowest BCUT2D eigenvalue weighted by Gasteiger charge is -2.15. The number of hydrogen-bond donors (Lipinski definition) is 1. The number of rotatable bonds is 6. The van der Waals surface area contributed by atoms with E-state index in [4.69, 9.17) is 9.47 Å². The molecule has 0 aromatic heterocycles. The van der Waals surface area contributed by atoms with Crippen molar-refractivity contribution >= 4 is 11.6 Å². The first-order valence-corrected chi connectivity index (χ1v) is 7.44. The zero-order valence-corrected chi connectivity index (χ0v) is 13.4. The van der Waals surface area contributed by atoms with Crippen molar-refractivity contribution in [3.8, 4) is 11.5 Å². The normalized spacial score (nSPS) is 11.9. The van der Waals surface area contributed by atoms with E-state index in [1.54, 1.807) is 25.1 Å². The van der Waals surface area contributed by atoms with E-state index in [0.717, 1.165) is 0 Å². The highest BCUT2D eigenvalue weighted by molar-refractivity contribution is 5.94. The highest BCUT2D eigenvalue weighted by Crippen LogP contribution is 2.19. The molecule has 0 radical (unpaired) electrons. The summed E-state index contributed by atoms with van der Waals surface area (Å²) in [5.74, 6) is 0.475. The summed E-state index contributed by atoms with van der Waals surface area (Å²) in [6, 6.07) is 12.7. The molecule has 23 heavy (non-hydrogen) atoms. The van der Waals surface area contributed by atoms with E-state index in [0.29, 0.717) is 17.2 Å². The lowest BCUT2D eigenvalue weighted by atomic mass is 10.2. The van der Waals surface area contributed by atoms with E-state index in [-0.39, 0.29) is 17.8 Å². The first-order valence-electron chi connectivity index (χ1n) is 7.44. The summed E-state index contributed by atoms with van der Waals surface area (Å²) in [6.45, 7) is 5.50. The van der Waals surface area contributed by atoms with Crippen LogP contribution in [0.4, 0.5) is 10.1 Å². The SMILES string of the molecule is CC(C)Oc1cccc(NC(=O)C(C)Oc2ccc(F)cc2)c1. The molecule has 2 aromatic rings. The van der Waals surface area contributed by atoms with Crippen LogP contribution in [0, 0.1) is 5.82 Å². The molecule has 0 spiro atoms. The molecule has 1 N–H and O–H groups in total. The van der Waals surface area contributed by atoms with Gasteiger partial charge in [-0.2, -0.15) is 0 Å². The molecule has 0 aliphatic heterocycles. The van der Waals surface area contributed by atoms with Gasteiger partial charge in [-0.05, 0) is 57.2 Å². The van der Waals surface area contributed by atoms with Gasteiger partial charge in [-0.15, -0.1) is 0 Å². The predicted octanol–water partition coefficient (Wildman–Crippen LogP) is 4.02. The number of benzene rings is 2. The number of amides is 1. The topological polar surface area (TPSA) is 47.6 Å². The molecule has 122 valence electrons. The summed E-state index contributed by atoms with van der Waals surface area (Å²) in [4.78, 5) is 12.2. The zero-order chi connectivity index (χ0) is 16.8. The highest BCUT2D eigenvalue weighted by Gasteiger charge is 2.15. The fourth-order valence-corrected chi connectivity index (χ4v) is 1.93. The molecule has 2 rings (SSSR count). The molecule has 0 fully saturated rings. The van der Waals surface area contributed by atoms with E-state index in [2.05, 4.69) is 5.32 Å². The molecule has 2 aromatic carbocycles. The molecule has 0 saturated heterocycles. The average Bonchev–Trinajstić information content (AvgIpc) is 2.49. The maximum absolute atomic E-state index is 12.9. The van der Waals surface area contributed by atoms with E-state index < -0.39 is 6.10 Å². The number of carbonyl (C=O) groups excluding carboxylic acids is 1. The molecule has 1 atom stereocenters. The molecular weight excluding hydrogens is 297 g/mol. The molecular formula is C18H20FNO3. The molecule has 1 unspecified atom stereocenters. The predicted molar refractivity (Wildman–Crippen MR) is 87.3 cm³/mol. The van der Waals surface area contributed by atoms with Crippen LogP contribution in [-0.4, -0.2) is 18.1 Å². The number of anilines is 1. The summed E-state index contributed by atoms with van der Waals surface area (Å²) in [5, 5.41) is 2.77. The van der Waals surface area contributed by atoms with Gasteiger partial charge in [-0.1, -0.05) is 6.07 Å². The van der Waals surface area contributed by atoms with Crippen molar-refractivity contribution in [1.29, 1.82) is 0 Å². The summed E-state index contributed by atoms with van der Waals surface area (Å²) in [6.07, 6.45) is -0.656. The van der Waals surface area contributed by atoms with Gasteiger partial charge in [0.1, 0.15) is 17.3 Å². The minimum Gasteiger partial charge on any atom is -0.491 e. The van der Waals surface area contributed by atoms with Gasteiger partial charge in [0.15, 0.2) is 6.10 Å². The van der Waals surface area contributed by atoms with Crippen LogP contribution < -0.4 is 14.8 Å². The van der Waals surface area contributed by atoms with E-state index in [1.807, 2.05) is 19.9 Å². The Kier molecular flexibility index (Phi) is 5.57. The van der Waals surface area contributed by atoms with Gasteiger partial charge in [0.05, 0.1) is 6.10 Å². The number of carbonyl (C=O) groups is 1.